The Hall–Kier alpha value is -1.29. The molecule has 0 amide bonds. The number of anilines is 1. The maximum atomic E-state index is 5.90. The number of rotatable bonds is 4. The van der Waals surface area contributed by atoms with Crippen LogP contribution in [-0.2, 0) is 0 Å². The van der Waals surface area contributed by atoms with Crippen LogP contribution in [0.4, 0.5) is 5.82 Å². The molecule has 4 nitrogen and oxygen atoms in total. The molecule has 1 aromatic heterocycles. The topological polar surface area (TPSA) is 51.4 Å². The fourth-order valence-electron chi connectivity index (χ4n) is 1.92. The monoisotopic (exact) mass is 221 g/mol. The van der Waals surface area contributed by atoms with E-state index in [9.17, 15) is 0 Å². The van der Waals surface area contributed by atoms with Gasteiger partial charge in [0, 0.05) is 25.3 Å². The highest BCUT2D eigenvalue weighted by Gasteiger charge is 2.22. The Morgan fingerprint density at radius 1 is 1.62 bits per heavy atom. The van der Waals surface area contributed by atoms with Crippen LogP contribution in [0.5, 0.6) is 5.75 Å². The van der Waals surface area contributed by atoms with Gasteiger partial charge in [0.25, 0.3) is 0 Å². The molecule has 16 heavy (non-hydrogen) atoms. The van der Waals surface area contributed by atoms with Crippen LogP contribution in [0, 0.1) is 0 Å². The van der Waals surface area contributed by atoms with E-state index in [0.29, 0.717) is 0 Å². The van der Waals surface area contributed by atoms with Crippen molar-refractivity contribution < 1.29 is 4.74 Å². The molecule has 1 atom stereocenters. The molecule has 1 fully saturated rings. The van der Waals surface area contributed by atoms with E-state index >= 15 is 0 Å². The van der Waals surface area contributed by atoms with Gasteiger partial charge in [-0.3, -0.25) is 0 Å². The van der Waals surface area contributed by atoms with E-state index in [1.54, 1.807) is 6.20 Å². The van der Waals surface area contributed by atoms with Gasteiger partial charge in [-0.05, 0) is 25.0 Å². The summed E-state index contributed by atoms with van der Waals surface area (Å²) in [6.07, 6.45) is 3.84. The van der Waals surface area contributed by atoms with Crippen LogP contribution in [0.3, 0.4) is 0 Å². The van der Waals surface area contributed by atoms with Crippen molar-refractivity contribution in [2.24, 2.45) is 5.73 Å². The van der Waals surface area contributed by atoms with E-state index in [1.165, 1.54) is 0 Å². The average Bonchev–Trinajstić information content (AvgIpc) is 2.73. The highest BCUT2D eigenvalue weighted by atomic mass is 16.5. The first-order chi connectivity index (χ1) is 7.81. The zero-order valence-electron chi connectivity index (χ0n) is 9.72. The molecule has 1 unspecified atom stereocenters. The first kappa shape index (κ1) is 11.2. The lowest BCUT2D eigenvalue weighted by Crippen LogP contribution is -2.27. The number of hydrogen-bond acceptors (Lipinski definition) is 4. The average molecular weight is 221 g/mol. The minimum atomic E-state index is 0.265. The molecule has 1 saturated heterocycles. The third-order valence-electron chi connectivity index (χ3n) is 2.74. The van der Waals surface area contributed by atoms with Gasteiger partial charge in [-0.2, -0.15) is 0 Å². The molecule has 1 aromatic rings. The van der Waals surface area contributed by atoms with Gasteiger partial charge in [0.15, 0.2) is 11.6 Å². The Kier molecular flexibility index (Phi) is 3.62. The fourth-order valence-corrected chi connectivity index (χ4v) is 1.92. The van der Waals surface area contributed by atoms with E-state index in [0.717, 1.165) is 44.1 Å². The molecule has 0 aromatic carbocycles. The molecular weight excluding hydrogens is 202 g/mol. The largest absolute Gasteiger partial charge is 0.490 e. The van der Waals surface area contributed by atoms with Crippen LogP contribution < -0.4 is 15.4 Å². The second kappa shape index (κ2) is 5.16. The summed E-state index contributed by atoms with van der Waals surface area (Å²) in [5.41, 5.74) is 5.90. The summed E-state index contributed by atoms with van der Waals surface area (Å²) >= 11 is 0. The van der Waals surface area contributed by atoms with Gasteiger partial charge in [0.1, 0.15) is 0 Å². The summed E-state index contributed by atoms with van der Waals surface area (Å²) in [6, 6.07) is 4.15. The molecule has 1 aliphatic rings. The number of ether oxygens (including phenoxy) is 1. The highest BCUT2D eigenvalue weighted by molar-refractivity contribution is 5.52. The predicted molar refractivity (Wildman–Crippen MR) is 64.8 cm³/mol. The van der Waals surface area contributed by atoms with E-state index in [-0.39, 0.29) is 6.04 Å². The number of aromatic nitrogens is 1. The smallest absolute Gasteiger partial charge is 0.171 e. The Labute approximate surface area is 96.4 Å². The lowest BCUT2D eigenvalue weighted by atomic mass is 10.3. The van der Waals surface area contributed by atoms with Crippen LogP contribution in [0.2, 0.25) is 0 Å². The van der Waals surface area contributed by atoms with Crippen LogP contribution in [0.15, 0.2) is 18.3 Å². The Bertz CT molecular complexity index is 343. The predicted octanol–water partition coefficient (Wildman–Crippen LogP) is 1.41. The van der Waals surface area contributed by atoms with Gasteiger partial charge in [-0.25, -0.2) is 4.98 Å². The third kappa shape index (κ3) is 2.44. The molecule has 2 rings (SSSR count). The van der Waals surface area contributed by atoms with Gasteiger partial charge in [-0.1, -0.05) is 6.92 Å². The summed E-state index contributed by atoms with van der Waals surface area (Å²) < 4.78 is 5.69. The quantitative estimate of drug-likeness (QED) is 0.835. The SMILES string of the molecule is CCCOc1cccnc1N1CCC(N)C1. The summed E-state index contributed by atoms with van der Waals surface area (Å²) in [4.78, 5) is 6.60. The minimum Gasteiger partial charge on any atom is -0.490 e. The third-order valence-corrected chi connectivity index (χ3v) is 2.74. The summed E-state index contributed by atoms with van der Waals surface area (Å²) in [6.45, 7) is 4.68. The van der Waals surface area contributed by atoms with Gasteiger partial charge in [-0.15, -0.1) is 0 Å². The Morgan fingerprint density at radius 3 is 3.19 bits per heavy atom. The first-order valence-corrected chi connectivity index (χ1v) is 5.89. The van der Waals surface area contributed by atoms with E-state index < -0.39 is 0 Å². The minimum absolute atomic E-state index is 0.265. The second-order valence-electron chi connectivity index (χ2n) is 4.17. The normalized spacial score (nSPS) is 20.1. The molecule has 88 valence electrons. The fraction of sp³-hybridized carbons (Fsp3) is 0.583. The molecular formula is C12H19N3O. The zero-order valence-corrected chi connectivity index (χ0v) is 9.72. The lowest BCUT2D eigenvalue weighted by molar-refractivity contribution is 0.316. The molecule has 0 saturated carbocycles. The molecule has 2 N–H and O–H groups in total. The summed E-state index contributed by atoms with van der Waals surface area (Å²) in [7, 11) is 0. The molecule has 4 heteroatoms. The van der Waals surface area contributed by atoms with Gasteiger partial charge in [0.05, 0.1) is 6.61 Å². The molecule has 0 aliphatic carbocycles. The highest BCUT2D eigenvalue weighted by Crippen LogP contribution is 2.27. The van der Waals surface area contributed by atoms with Gasteiger partial charge >= 0.3 is 0 Å². The molecule has 2 heterocycles. The van der Waals surface area contributed by atoms with Crippen molar-refractivity contribution in [3.8, 4) is 5.75 Å². The maximum Gasteiger partial charge on any atom is 0.171 e. The van der Waals surface area contributed by atoms with Crippen molar-refractivity contribution in [1.29, 1.82) is 0 Å². The number of pyridine rings is 1. The van der Waals surface area contributed by atoms with Crippen molar-refractivity contribution in [3.05, 3.63) is 18.3 Å². The van der Waals surface area contributed by atoms with Crippen molar-refractivity contribution in [2.75, 3.05) is 24.6 Å². The number of hydrogen-bond donors (Lipinski definition) is 1. The van der Waals surface area contributed by atoms with E-state index in [2.05, 4.69) is 16.8 Å². The van der Waals surface area contributed by atoms with Crippen LogP contribution in [0.25, 0.3) is 0 Å². The summed E-state index contributed by atoms with van der Waals surface area (Å²) in [5.74, 6) is 1.81. The summed E-state index contributed by atoms with van der Waals surface area (Å²) in [5, 5.41) is 0. The molecule has 0 spiro atoms. The zero-order chi connectivity index (χ0) is 11.4. The van der Waals surface area contributed by atoms with Gasteiger partial charge in [0.2, 0.25) is 0 Å². The first-order valence-electron chi connectivity index (χ1n) is 5.89. The number of nitrogens with zero attached hydrogens (tertiary/aromatic N) is 2. The molecule has 0 radical (unpaired) electrons. The van der Waals surface area contributed by atoms with E-state index in [1.807, 2.05) is 12.1 Å². The van der Waals surface area contributed by atoms with Crippen LogP contribution in [-0.4, -0.2) is 30.7 Å². The van der Waals surface area contributed by atoms with Crippen molar-refractivity contribution >= 4 is 5.82 Å². The number of nitrogens with two attached hydrogens (primary N) is 1. The van der Waals surface area contributed by atoms with Crippen LogP contribution in [0.1, 0.15) is 19.8 Å². The maximum absolute atomic E-state index is 5.90. The lowest BCUT2D eigenvalue weighted by Gasteiger charge is -2.19. The van der Waals surface area contributed by atoms with Crippen molar-refractivity contribution in [3.63, 3.8) is 0 Å². The second-order valence-corrected chi connectivity index (χ2v) is 4.17. The Morgan fingerprint density at radius 2 is 2.50 bits per heavy atom. The molecule has 1 aliphatic heterocycles. The van der Waals surface area contributed by atoms with Crippen LogP contribution >= 0.6 is 0 Å². The van der Waals surface area contributed by atoms with Gasteiger partial charge < -0.3 is 15.4 Å². The van der Waals surface area contributed by atoms with E-state index in [4.69, 9.17) is 10.5 Å². The van der Waals surface area contributed by atoms with Crippen molar-refractivity contribution in [1.82, 2.24) is 4.98 Å². The standard InChI is InChI=1S/C12H19N3O/c1-2-8-16-11-4-3-6-14-12(11)15-7-5-10(13)9-15/h3-4,6,10H,2,5,7-9,13H2,1H3. The molecule has 0 bridgehead atoms. The van der Waals surface area contributed by atoms with Crippen molar-refractivity contribution in [2.45, 2.75) is 25.8 Å². The Balaban J connectivity index is 2.12.